The Morgan fingerprint density at radius 2 is 2.21 bits per heavy atom. The van der Waals surface area contributed by atoms with Gasteiger partial charge in [0.25, 0.3) is 0 Å². The molecular formula is C12H15NO4S2. The minimum Gasteiger partial charge on any atom is -0.477 e. The first-order valence-corrected chi connectivity index (χ1v) is 8.51. The van der Waals surface area contributed by atoms with E-state index in [1.165, 1.54) is 6.07 Å². The summed E-state index contributed by atoms with van der Waals surface area (Å²) in [5, 5.41) is 8.96. The number of hydrogen-bond donors (Lipinski definition) is 1. The molecule has 2 fully saturated rings. The van der Waals surface area contributed by atoms with Gasteiger partial charge >= 0.3 is 5.97 Å². The minimum absolute atomic E-state index is 0.0837. The van der Waals surface area contributed by atoms with Gasteiger partial charge < -0.3 is 5.11 Å². The number of carbonyl (C=O) groups is 1. The molecule has 1 aromatic heterocycles. The Labute approximate surface area is 115 Å². The highest BCUT2D eigenvalue weighted by molar-refractivity contribution is 7.89. The van der Waals surface area contributed by atoms with E-state index in [0.29, 0.717) is 17.3 Å². The maximum absolute atomic E-state index is 12.6. The molecule has 2 bridgehead atoms. The van der Waals surface area contributed by atoms with Crippen LogP contribution < -0.4 is 0 Å². The Morgan fingerprint density at radius 3 is 2.68 bits per heavy atom. The van der Waals surface area contributed by atoms with Crippen molar-refractivity contribution in [2.75, 3.05) is 6.54 Å². The van der Waals surface area contributed by atoms with E-state index in [9.17, 15) is 13.2 Å². The first kappa shape index (κ1) is 13.1. The monoisotopic (exact) mass is 301 g/mol. The maximum Gasteiger partial charge on any atom is 0.345 e. The summed E-state index contributed by atoms with van der Waals surface area (Å²) >= 11 is 1.02. The van der Waals surface area contributed by atoms with E-state index in [0.717, 1.165) is 30.6 Å². The second-order valence-corrected chi connectivity index (χ2v) is 8.36. The molecule has 5 nitrogen and oxygen atoms in total. The first-order valence-electron chi connectivity index (χ1n) is 6.25. The number of nitrogens with zero attached hydrogens (tertiary/aromatic N) is 1. The summed E-state index contributed by atoms with van der Waals surface area (Å²) in [6.07, 6.45) is 2.99. The normalized spacial score (nSPS) is 27.0. The summed E-state index contributed by atoms with van der Waals surface area (Å²) in [6.45, 7) is 2.25. The van der Waals surface area contributed by atoms with Crippen LogP contribution >= 0.6 is 11.3 Å². The summed E-state index contributed by atoms with van der Waals surface area (Å²) in [5.41, 5.74) is 0. The average Bonchev–Trinajstić information content (AvgIpc) is 3.01. The third-order valence-corrected chi connectivity index (χ3v) is 7.24. The van der Waals surface area contributed by atoms with Crippen molar-refractivity contribution in [3.05, 3.63) is 15.8 Å². The molecule has 3 rings (SSSR count). The number of carboxylic acids is 1. The van der Waals surface area contributed by atoms with Gasteiger partial charge in [-0.3, -0.25) is 0 Å². The lowest BCUT2D eigenvalue weighted by atomic mass is 10.1. The molecular weight excluding hydrogens is 286 g/mol. The number of aryl methyl sites for hydroxylation is 1. The lowest BCUT2D eigenvalue weighted by molar-refractivity contribution is 0.0702. The van der Waals surface area contributed by atoms with E-state index in [2.05, 4.69) is 0 Å². The van der Waals surface area contributed by atoms with Gasteiger partial charge in [0.15, 0.2) is 0 Å². The van der Waals surface area contributed by atoms with E-state index in [1.54, 1.807) is 11.2 Å². The lowest BCUT2D eigenvalue weighted by Gasteiger charge is -2.25. The molecule has 2 atom stereocenters. The van der Waals surface area contributed by atoms with Gasteiger partial charge in [-0.2, -0.15) is 4.31 Å². The molecule has 1 aliphatic heterocycles. The van der Waals surface area contributed by atoms with Crippen molar-refractivity contribution in [2.45, 2.75) is 37.1 Å². The van der Waals surface area contributed by atoms with Crippen molar-refractivity contribution in [3.63, 3.8) is 0 Å². The lowest BCUT2D eigenvalue weighted by Crippen LogP contribution is -2.37. The predicted octanol–water partition coefficient (Wildman–Crippen LogP) is 1.93. The van der Waals surface area contributed by atoms with Crippen LogP contribution in [0, 0.1) is 12.8 Å². The van der Waals surface area contributed by atoms with E-state index in [-0.39, 0.29) is 15.8 Å². The van der Waals surface area contributed by atoms with Gasteiger partial charge in [0.1, 0.15) is 4.88 Å². The number of fused-ring (bicyclic) bond motifs is 2. The predicted molar refractivity (Wildman–Crippen MR) is 71.0 cm³/mol. The van der Waals surface area contributed by atoms with Crippen LogP contribution in [0.5, 0.6) is 0 Å². The highest BCUT2D eigenvalue weighted by Gasteiger charge is 2.45. The van der Waals surface area contributed by atoms with E-state index in [1.807, 2.05) is 0 Å². The minimum atomic E-state index is -3.53. The van der Waals surface area contributed by atoms with Gasteiger partial charge in [-0.1, -0.05) is 0 Å². The summed E-state index contributed by atoms with van der Waals surface area (Å²) in [5.74, 6) is -0.588. The number of piperidine rings is 1. The van der Waals surface area contributed by atoms with Crippen LogP contribution in [0.25, 0.3) is 0 Å². The van der Waals surface area contributed by atoms with Gasteiger partial charge in [-0.15, -0.1) is 11.3 Å². The Morgan fingerprint density at radius 1 is 1.47 bits per heavy atom. The van der Waals surface area contributed by atoms with Crippen LogP contribution in [0.1, 0.15) is 33.8 Å². The van der Waals surface area contributed by atoms with Crippen LogP contribution in [0.3, 0.4) is 0 Å². The van der Waals surface area contributed by atoms with Crippen LogP contribution in [0.2, 0.25) is 0 Å². The van der Waals surface area contributed by atoms with Gasteiger partial charge in [-0.25, -0.2) is 13.2 Å². The van der Waals surface area contributed by atoms with Crippen molar-refractivity contribution in [2.24, 2.45) is 5.92 Å². The summed E-state index contributed by atoms with van der Waals surface area (Å²) in [4.78, 5) is 11.8. The van der Waals surface area contributed by atoms with Crippen molar-refractivity contribution < 1.29 is 18.3 Å². The van der Waals surface area contributed by atoms with Gasteiger partial charge in [0.05, 0.1) is 4.90 Å². The number of aromatic carboxylic acids is 1. The molecule has 1 aliphatic carbocycles. The fraction of sp³-hybridized carbons (Fsp3) is 0.583. The average molecular weight is 301 g/mol. The van der Waals surface area contributed by atoms with Crippen molar-refractivity contribution in [3.8, 4) is 0 Å². The number of thiophene rings is 1. The highest BCUT2D eigenvalue weighted by atomic mass is 32.2. The quantitative estimate of drug-likeness (QED) is 0.925. The number of sulfonamides is 1. The topological polar surface area (TPSA) is 74.7 Å². The first-order chi connectivity index (χ1) is 8.89. The second-order valence-electron chi connectivity index (χ2n) is 5.24. The maximum atomic E-state index is 12.6. The third-order valence-electron chi connectivity index (χ3n) is 4.03. The summed E-state index contributed by atoms with van der Waals surface area (Å²) < 4.78 is 26.8. The summed E-state index contributed by atoms with van der Waals surface area (Å²) in [6, 6.07) is 1.41. The number of rotatable bonds is 3. The second kappa shape index (κ2) is 4.29. The molecule has 0 amide bonds. The van der Waals surface area contributed by atoms with E-state index >= 15 is 0 Å². The Balaban J connectivity index is 1.99. The number of carboxylic acid groups (broad SMARTS) is 1. The standard InChI is InChI=1S/C12H15NO4S2/c1-7-11(5-10(18-7)12(14)15)19(16,17)13-6-8-2-3-9(13)4-8/h5,8-9H,2-4,6H2,1H3,(H,14,15). The molecule has 2 aliphatic rings. The largest absolute Gasteiger partial charge is 0.477 e. The molecule has 2 unspecified atom stereocenters. The third kappa shape index (κ3) is 2.00. The zero-order valence-corrected chi connectivity index (χ0v) is 12.1. The van der Waals surface area contributed by atoms with Crippen LogP contribution in [0.4, 0.5) is 0 Å². The van der Waals surface area contributed by atoms with Gasteiger partial charge in [0.2, 0.25) is 10.0 Å². The Bertz CT molecular complexity index is 634. The van der Waals surface area contributed by atoms with E-state index in [4.69, 9.17) is 5.11 Å². The van der Waals surface area contributed by atoms with E-state index < -0.39 is 16.0 Å². The highest BCUT2D eigenvalue weighted by Crippen LogP contribution is 2.41. The molecule has 1 aromatic rings. The SMILES string of the molecule is Cc1sc(C(=O)O)cc1S(=O)(=O)N1CC2CCC1C2. The Kier molecular flexibility index (Phi) is 2.95. The Hall–Kier alpha value is -0.920. The smallest absolute Gasteiger partial charge is 0.345 e. The molecule has 1 saturated heterocycles. The van der Waals surface area contributed by atoms with Crippen LogP contribution in [-0.4, -0.2) is 36.4 Å². The zero-order valence-electron chi connectivity index (χ0n) is 10.5. The van der Waals surface area contributed by atoms with Crippen molar-refractivity contribution in [1.29, 1.82) is 0 Å². The number of hydrogen-bond acceptors (Lipinski definition) is 4. The molecule has 0 aromatic carbocycles. The van der Waals surface area contributed by atoms with Gasteiger partial charge in [-0.05, 0) is 38.2 Å². The van der Waals surface area contributed by atoms with Crippen molar-refractivity contribution in [1.82, 2.24) is 4.31 Å². The van der Waals surface area contributed by atoms with Crippen LogP contribution in [0.15, 0.2) is 11.0 Å². The fourth-order valence-electron chi connectivity index (χ4n) is 3.13. The molecule has 19 heavy (non-hydrogen) atoms. The molecule has 1 N–H and O–H groups in total. The molecule has 1 saturated carbocycles. The molecule has 0 radical (unpaired) electrons. The fourth-order valence-corrected chi connectivity index (χ4v) is 6.27. The van der Waals surface area contributed by atoms with Crippen LogP contribution in [-0.2, 0) is 10.0 Å². The zero-order chi connectivity index (χ0) is 13.8. The van der Waals surface area contributed by atoms with Crippen molar-refractivity contribution >= 4 is 27.3 Å². The molecule has 0 spiro atoms. The molecule has 7 heteroatoms. The molecule has 2 heterocycles. The molecule has 104 valence electrons. The van der Waals surface area contributed by atoms with Gasteiger partial charge in [0, 0.05) is 17.5 Å². The summed E-state index contributed by atoms with van der Waals surface area (Å²) in [7, 11) is -3.53.